The van der Waals surface area contributed by atoms with Gasteiger partial charge in [-0.1, -0.05) is 19.1 Å². The molecule has 1 aromatic carbocycles. The summed E-state index contributed by atoms with van der Waals surface area (Å²) in [6.07, 6.45) is 4.25. The fraction of sp³-hybridized carbons (Fsp3) is 0.176. The zero-order chi connectivity index (χ0) is 16.7. The zero-order valence-corrected chi connectivity index (χ0v) is 13.0. The highest BCUT2D eigenvalue weighted by Gasteiger charge is 2.14. The molecule has 24 heavy (non-hydrogen) atoms. The van der Waals surface area contributed by atoms with Crippen molar-refractivity contribution < 1.29 is 4.39 Å². The van der Waals surface area contributed by atoms with Gasteiger partial charge in [-0.25, -0.2) is 8.91 Å². The van der Waals surface area contributed by atoms with E-state index < -0.39 is 0 Å². The second kappa shape index (κ2) is 5.52. The molecule has 0 bridgehead atoms. The molecule has 4 aromatic rings. The number of aryl methyl sites for hydroxylation is 1. The highest BCUT2D eigenvalue weighted by molar-refractivity contribution is 5.82. The van der Waals surface area contributed by atoms with Crippen LogP contribution in [0, 0.1) is 5.82 Å². The summed E-state index contributed by atoms with van der Waals surface area (Å²) in [6.45, 7) is 2.64. The molecule has 120 valence electrons. The predicted molar refractivity (Wildman–Crippen MR) is 88.2 cm³/mol. The van der Waals surface area contributed by atoms with E-state index in [1.165, 1.54) is 12.1 Å². The SMILES string of the molecule is CCCn1ccc2c(nnc3c(-c4ccc(F)cc4)cnn32)c1=O. The van der Waals surface area contributed by atoms with E-state index in [1.807, 2.05) is 13.0 Å². The molecule has 3 aromatic heterocycles. The Morgan fingerprint density at radius 2 is 1.92 bits per heavy atom. The van der Waals surface area contributed by atoms with E-state index in [0.29, 0.717) is 17.7 Å². The smallest absolute Gasteiger partial charge is 0.280 e. The van der Waals surface area contributed by atoms with E-state index in [2.05, 4.69) is 15.3 Å². The molecule has 0 spiro atoms. The minimum atomic E-state index is -0.303. The Bertz CT molecular complexity index is 1100. The van der Waals surface area contributed by atoms with Crippen LogP contribution in [0.3, 0.4) is 0 Å². The summed E-state index contributed by atoms with van der Waals surface area (Å²) in [7, 11) is 0. The monoisotopic (exact) mass is 323 g/mol. The Balaban J connectivity index is 1.96. The van der Waals surface area contributed by atoms with Gasteiger partial charge in [0.2, 0.25) is 0 Å². The van der Waals surface area contributed by atoms with Gasteiger partial charge < -0.3 is 4.57 Å². The lowest BCUT2D eigenvalue weighted by molar-refractivity contribution is 0.628. The molecule has 0 aliphatic carbocycles. The number of fused-ring (bicyclic) bond motifs is 3. The largest absolute Gasteiger partial charge is 0.313 e. The number of hydrogen-bond acceptors (Lipinski definition) is 4. The number of aromatic nitrogens is 5. The van der Waals surface area contributed by atoms with Gasteiger partial charge in [0.1, 0.15) is 11.3 Å². The summed E-state index contributed by atoms with van der Waals surface area (Å²) in [4.78, 5) is 12.5. The van der Waals surface area contributed by atoms with Crippen LogP contribution < -0.4 is 5.56 Å². The van der Waals surface area contributed by atoms with Gasteiger partial charge in [-0.3, -0.25) is 4.79 Å². The standard InChI is InChI=1S/C17H14FN5O/c1-2-8-22-9-7-14-15(17(22)24)20-21-16-13(10-19-23(14)16)11-3-5-12(18)6-4-11/h3-7,9-10H,2,8H2,1H3. The predicted octanol–water partition coefficient (Wildman–Crippen LogP) is 2.66. The van der Waals surface area contributed by atoms with Crippen LogP contribution in [-0.2, 0) is 6.54 Å². The van der Waals surface area contributed by atoms with Crippen molar-refractivity contribution in [2.45, 2.75) is 19.9 Å². The fourth-order valence-electron chi connectivity index (χ4n) is 2.78. The molecule has 0 aliphatic heterocycles. The summed E-state index contributed by atoms with van der Waals surface area (Å²) >= 11 is 0. The second-order valence-corrected chi connectivity index (χ2v) is 5.55. The van der Waals surface area contributed by atoms with E-state index in [1.54, 1.807) is 33.6 Å². The molecule has 0 saturated carbocycles. The summed E-state index contributed by atoms with van der Waals surface area (Å²) < 4.78 is 16.3. The van der Waals surface area contributed by atoms with Crippen molar-refractivity contribution in [3.05, 3.63) is 58.9 Å². The van der Waals surface area contributed by atoms with Crippen LogP contribution in [0.15, 0.2) is 47.5 Å². The lowest BCUT2D eigenvalue weighted by Crippen LogP contribution is -2.21. The van der Waals surface area contributed by atoms with Crippen molar-refractivity contribution in [3.63, 3.8) is 0 Å². The molecule has 0 atom stereocenters. The van der Waals surface area contributed by atoms with Crippen molar-refractivity contribution in [2.24, 2.45) is 0 Å². The molecule has 4 rings (SSSR count). The number of nitrogens with zero attached hydrogens (tertiary/aromatic N) is 5. The highest BCUT2D eigenvalue weighted by atomic mass is 19.1. The molecule has 0 radical (unpaired) electrons. The third kappa shape index (κ3) is 2.17. The maximum absolute atomic E-state index is 13.1. The number of hydrogen-bond donors (Lipinski definition) is 0. The number of pyridine rings is 1. The highest BCUT2D eigenvalue weighted by Crippen LogP contribution is 2.24. The van der Waals surface area contributed by atoms with Crippen molar-refractivity contribution >= 4 is 16.7 Å². The van der Waals surface area contributed by atoms with Gasteiger partial charge in [0.15, 0.2) is 11.2 Å². The second-order valence-electron chi connectivity index (χ2n) is 5.55. The number of rotatable bonds is 3. The first-order chi connectivity index (χ1) is 11.7. The Morgan fingerprint density at radius 1 is 1.12 bits per heavy atom. The van der Waals surface area contributed by atoms with Crippen LogP contribution >= 0.6 is 0 Å². The average Bonchev–Trinajstić information content (AvgIpc) is 3.02. The van der Waals surface area contributed by atoms with Crippen molar-refractivity contribution in [1.29, 1.82) is 0 Å². The maximum atomic E-state index is 13.1. The van der Waals surface area contributed by atoms with Crippen molar-refractivity contribution in [2.75, 3.05) is 0 Å². The first-order valence-electron chi connectivity index (χ1n) is 7.68. The Kier molecular flexibility index (Phi) is 3.34. The normalized spacial score (nSPS) is 11.4. The van der Waals surface area contributed by atoms with E-state index in [4.69, 9.17) is 0 Å². The molecule has 6 nitrogen and oxygen atoms in total. The zero-order valence-electron chi connectivity index (χ0n) is 13.0. The molecule has 0 saturated heterocycles. The van der Waals surface area contributed by atoms with Crippen LogP contribution in [0.4, 0.5) is 4.39 Å². The molecule has 0 aliphatic rings. The quantitative estimate of drug-likeness (QED) is 0.581. The lowest BCUT2D eigenvalue weighted by atomic mass is 10.1. The fourth-order valence-corrected chi connectivity index (χ4v) is 2.78. The number of benzene rings is 1. The molecule has 0 unspecified atom stereocenters. The Morgan fingerprint density at radius 3 is 2.67 bits per heavy atom. The Labute approximate surface area is 136 Å². The lowest BCUT2D eigenvalue weighted by Gasteiger charge is -2.05. The van der Waals surface area contributed by atoms with Crippen LogP contribution in [-0.4, -0.2) is 24.4 Å². The van der Waals surface area contributed by atoms with Gasteiger partial charge in [-0.2, -0.15) is 5.10 Å². The Hall–Kier alpha value is -3.09. The third-order valence-electron chi connectivity index (χ3n) is 3.95. The summed E-state index contributed by atoms with van der Waals surface area (Å²) in [5.74, 6) is -0.303. The summed E-state index contributed by atoms with van der Waals surface area (Å²) in [5.41, 5.74) is 2.77. The van der Waals surface area contributed by atoms with Gasteiger partial charge in [-0.05, 0) is 30.2 Å². The molecular formula is C17H14FN5O. The van der Waals surface area contributed by atoms with Crippen LogP contribution in [0.2, 0.25) is 0 Å². The topological polar surface area (TPSA) is 65.1 Å². The van der Waals surface area contributed by atoms with Gasteiger partial charge in [-0.15, -0.1) is 10.2 Å². The molecular weight excluding hydrogens is 309 g/mol. The van der Waals surface area contributed by atoms with E-state index in [0.717, 1.165) is 17.5 Å². The van der Waals surface area contributed by atoms with Gasteiger partial charge in [0.25, 0.3) is 5.56 Å². The van der Waals surface area contributed by atoms with Crippen molar-refractivity contribution in [3.8, 4) is 11.1 Å². The molecule has 7 heteroatoms. The summed E-state index contributed by atoms with van der Waals surface area (Å²) in [5, 5.41) is 12.6. The minimum Gasteiger partial charge on any atom is -0.313 e. The maximum Gasteiger partial charge on any atom is 0.280 e. The molecule has 0 N–H and O–H groups in total. The van der Waals surface area contributed by atoms with Crippen LogP contribution in [0.1, 0.15) is 13.3 Å². The molecule has 0 amide bonds. The summed E-state index contributed by atoms with van der Waals surface area (Å²) in [6, 6.07) is 7.91. The first-order valence-corrected chi connectivity index (χ1v) is 7.68. The van der Waals surface area contributed by atoms with E-state index in [-0.39, 0.29) is 16.9 Å². The van der Waals surface area contributed by atoms with Crippen molar-refractivity contribution in [1.82, 2.24) is 24.4 Å². The van der Waals surface area contributed by atoms with Gasteiger partial charge in [0.05, 0.1) is 6.20 Å². The van der Waals surface area contributed by atoms with Crippen LogP contribution in [0.5, 0.6) is 0 Å². The van der Waals surface area contributed by atoms with E-state index in [9.17, 15) is 9.18 Å². The first kappa shape index (κ1) is 14.5. The van der Waals surface area contributed by atoms with Gasteiger partial charge in [0, 0.05) is 18.3 Å². The van der Waals surface area contributed by atoms with Gasteiger partial charge >= 0.3 is 0 Å². The average molecular weight is 323 g/mol. The number of halogens is 1. The van der Waals surface area contributed by atoms with E-state index >= 15 is 0 Å². The third-order valence-corrected chi connectivity index (χ3v) is 3.95. The molecule has 3 heterocycles. The minimum absolute atomic E-state index is 0.178. The van der Waals surface area contributed by atoms with Crippen LogP contribution in [0.25, 0.3) is 27.8 Å². The molecule has 0 fully saturated rings.